The summed E-state index contributed by atoms with van der Waals surface area (Å²) in [7, 11) is -3.75. The highest BCUT2D eigenvalue weighted by Gasteiger charge is 2.15. The fraction of sp³-hybridized carbons (Fsp3) is 0.222. The summed E-state index contributed by atoms with van der Waals surface area (Å²) in [6, 6.07) is 5.93. The summed E-state index contributed by atoms with van der Waals surface area (Å²) in [4.78, 5) is 26.6. The van der Waals surface area contributed by atoms with E-state index in [1.54, 1.807) is 25.4 Å². The van der Waals surface area contributed by atoms with E-state index in [9.17, 15) is 13.2 Å². The van der Waals surface area contributed by atoms with Gasteiger partial charge >= 0.3 is 5.76 Å². The number of H-pyrrole nitrogens is 1. The molecule has 0 aliphatic rings. The number of imidazole rings is 1. The van der Waals surface area contributed by atoms with Gasteiger partial charge in [0.25, 0.3) is 0 Å². The van der Waals surface area contributed by atoms with Crippen LogP contribution >= 0.6 is 0 Å². The molecule has 0 saturated heterocycles. The van der Waals surface area contributed by atoms with Gasteiger partial charge in [0.1, 0.15) is 23.3 Å². The first kappa shape index (κ1) is 19.8. The summed E-state index contributed by atoms with van der Waals surface area (Å²) < 4.78 is 34.2. The van der Waals surface area contributed by atoms with Crippen LogP contribution in [0.2, 0.25) is 0 Å². The largest absolute Gasteiger partial charge is 0.417 e. The van der Waals surface area contributed by atoms with Gasteiger partial charge in [-0.2, -0.15) is 0 Å². The number of anilines is 1. The number of aromatic nitrogens is 5. The van der Waals surface area contributed by atoms with Crippen molar-refractivity contribution in [1.82, 2.24) is 29.2 Å². The Morgan fingerprint density at radius 2 is 2.00 bits per heavy atom. The van der Waals surface area contributed by atoms with Gasteiger partial charge in [-0.15, -0.1) is 0 Å². The van der Waals surface area contributed by atoms with Gasteiger partial charge in [0.05, 0.1) is 10.4 Å². The number of nitrogens with zero attached hydrogens (tertiary/aromatic N) is 4. The lowest BCUT2D eigenvalue weighted by Crippen LogP contribution is -2.29. The summed E-state index contributed by atoms with van der Waals surface area (Å²) in [5, 5.41) is 3.09. The van der Waals surface area contributed by atoms with Crippen LogP contribution in [0.15, 0.2) is 50.8 Å². The highest BCUT2D eigenvalue weighted by Crippen LogP contribution is 2.16. The second-order valence-corrected chi connectivity index (χ2v) is 8.27. The Balaban J connectivity index is 1.41. The van der Waals surface area contributed by atoms with Crippen molar-refractivity contribution in [2.45, 2.75) is 18.7 Å². The number of benzene rings is 1. The first-order chi connectivity index (χ1) is 14.3. The molecule has 156 valence electrons. The van der Waals surface area contributed by atoms with Crippen LogP contribution < -0.4 is 15.8 Å². The Kier molecular flexibility index (Phi) is 5.10. The summed E-state index contributed by atoms with van der Waals surface area (Å²) >= 11 is 0. The molecule has 30 heavy (non-hydrogen) atoms. The predicted molar refractivity (Wildman–Crippen MR) is 109 cm³/mol. The van der Waals surface area contributed by atoms with Crippen LogP contribution in [0.4, 0.5) is 5.82 Å². The van der Waals surface area contributed by atoms with Crippen molar-refractivity contribution in [3.05, 3.63) is 58.9 Å². The van der Waals surface area contributed by atoms with E-state index in [0.29, 0.717) is 35.1 Å². The minimum Gasteiger partial charge on any atom is -0.408 e. The first-order valence-electron chi connectivity index (χ1n) is 9.04. The highest BCUT2D eigenvalue weighted by molar-refractivity contribution is 7.89. The Bertz CT molecular complexity index is 1370. The number of fused-ring (bicyclic) bond motifs is 1. The SMILES string of the molecule is Cc1nc(NCCNS(=O)(=O)c2ccc3oc(=O)[nH]c3c2)cc(-n2ccnc2C)n1. The number of rotatable bonds is 7. The molecule has 0 unspecified atom stereocenters. The molecule has 0 radical (unpaired) electrons. The number of nitrogens with one attached hydrogen (secondary N) is 3. The summed E-state index contributed by atoms with van der Waals surface area (Å²) in [5.74, 6) is 1.97. The highest BCUT2D eigenvalue weighted by atomic mass is 32.2. The zero-order valence-electron chi connectivity index (χ0n) is 16.2. The molecule has 0 amide bonds. The first-order valence-corrected chi connectivity index (χ1v) is 10.5. The molecule has 0 saturated carbocycles. The molecule has 0 aliphatic carbocycles. The fourth-order valence-electron chi connectivity index (χ4n) is 2.94. The van der Waals surface area contributed by atoms with E-state index in [2.05, 4.69) is 30.0 Å². The van der Waals surface area contributed by atoms with Crippen LogP contribution in [-0.4, -0.2) is 46.0 Å². The van der Waals surface area contributed by atoms with Crippen molar-refractivity contribution in [2.24, 2.45) is 0 Å². The van der Waals surface area contributed by atoms with E-state index >= 15 is 0 Å². The molecule has 4 rings (SSSR count). The maximum absolute atomic E-state index is 12.5. The van der Waals surface area contributed by atoms with Crippen LogP contribution in [0.1, 0.15) is 11.6 Å². The van der Waals surface area contributed by atoms with E-state index < -0.39 is 15.8 Å². The van der Waals surface area contributed by atoms with E-state index in [4.69, 9.17) is 4.42 Å². The molecule has 0 bridgehead atoms. The molecule has 3 N–H and O–H groups in total. The Labute approximate surface area is 171 Å². The summed E-state index contributed by atoms with van der Waals surface area (Å²) in [6.07, 6.45) is 3.49. The second-order valence-electron chi connectivity index (χ2n) is 6.50. The zero-order valence-corrected chi connectivity index (χ0v) is 17.0. The molecule has 0 aliphatic heterocycles. The Hall–Kier alpha value is -3.51. The molecular formula is C18H19N7O4S. The Morgan fingerprint density at radius 1 is 1.17 bits per heavy atom. The van der Waals surface area contributed by atoms with Crippen molar-refractivity contribution in [2.75, 3.05) is 18.4 Å². The third-order valence-electron chi connectivity index (χ3n) is 4.32. The van der Waals surface area contributed by atoms with Gasteiger partial charge in [-0.05, 0) is 32.0 Å². The van der Waals surface area contributed by atoms with Gasteiger partial charge in [-0.1, -0.05) is 0 Å². The number of hydrogen-bond donors (Lipinski definition) is 3. The topological polar surface area (TPSA) is 148 Å². The van der Waals surface area contributed by atoms with Gasteiger partial charge < -0.3 is 9.73 Å². The van der Waals surface area contributed by atoms with Gasteiger partial charge in [0, 0.05) is 31.5 Å². The molecular weight excluding hydrogens is 410 g/mol. The van der Waals surface area contributed by atoms with Gasteiger partial charge in [0.15, 0.2) is 5.58 Å². The van der Waals surface area contributed by atoms with Gasteiger partial charge in [0.2, 0.25) is 10.0 Å². The number of aryl methyl sites for hydroxylation is 2. The van der Waals surface area contributed by atoms with Crippen molar-refractivity contribution < 1.29 is 12.8 Å². The molecule has 0 fully saturated rings. The smallest absolute Gasteiger partial charge is 0.408 e. The molecule has 12 heteroatoms. The van der Waals surface area contributed by atoms with Crippen LogP contribution in [0.3, 0.4) is 0 Å². The Morgan fingerprint density at radius 3 is 2.77 bits per heavy atom. The normalized spacial score (nSPS) is 11.8. The lowest BCUT2D eigenvalue weighted by Gasteiger charge is -2.11. The molecule has 0 spiro atoms. The van der Waals surface area contributed by atoms with Crippen LogP contribution in [0, 0.1) is 13.8 Å². The maximum atomic E-state index is 12.5. The van der Waals surface area contributed by atoms with E-state index in [-0.39, 0.29) is 11.4 Å². The van der Waals surface area contributed by atoms with E-state index in [1.165, 1.54) is 18.2 Å². The molecule has 4 aromatic rings. The number of oxazole rings is 1. The minimum absolute atomic E-state index is 0.0304. The predicted octanol–water partition coefficient (Wildman–Crippen LogP) is 1.10. The maximum Gasteiger partial charge on any atom is 0.417 e. The molecule has 0 atom stereocenters. The van der Waals surface area contributed by atoms with E-state index in [1.807, 2.05) is 11.5 Å². The fourth-order valence-corrected chi connectivity index (χ4v) is 4.00. The minimum atomic E-state index is -3.75. The standard InChI is InChI=1S/C18H19N7O4S/c1-11-22-16(10-17(23-11)25-8-7-19-12(25)2)20-5-6-21-30(27,28)13-3-4-15-14(9-13)24-18(26)29-15/h3-4,7-10,21H,5-6H2,1-2H3,(H,24,26)(H,20,22,23). The van der Waals surface area contributed by atoms with E-state index in [0.717, 1.165) is 5.82 Å². The lowest BCUT2D eigenvalue weighted by atomic mass is 10.3. The number of hydrogen-bond acceptors (Lipinski definition) is 8. The third-order valence-corrected chi connectivity index (χ3v) is 5.78. The quantitative estimate of drug-likeness (QED) is 0.370. The molecule has 1 aromatic carbocycles. The van der Waals surface area contributed by atoms with Crippen molar-refractivity contribution in [3.63, 3.8) is 0 Å². The lowest BCUT2D eigenvalue weighted by molar-refractivity contribution is 0.555. The average molecular weight is 429 g/mol. The van der Waals surface area contributed by atoms with Crippen molar-refractivity contribution in [1.29, 1.82) is 0 Å². The third kappa shape index (κ3) is 4.09. The summed E-state index contributed by atoms with van der Waals surface area (Å²) in [5.41, 5.74) is 0.614. The summed E-state index contributed by atoms with van der Waals surface area (Å²) in [6.45, 7) is 4.09. The van der Waals surface area contributed by atoms with Gasteiger partial charge in [-0.3, -0.25) is 9.55 Å². The van der Waals surface area contributed by atoms with Gasteiger partial charge in [-0.25, -0.2) is 32.9 Å². The molecule has 3 heterocycles. The van der Waals surface area contributed by atoms with Crippen molar-refractivity contribution >= 4 is 26.9 Å². The number of sulfonamides is 1. The van der Waals surface area contributed by atoms with Crippen LogP contribution in [0.5, 0.6) is 0 Å². The number of aromatic amines is 1. The zero-order chi connectivity index (χ0) is 21.3. The van der Waals surface area contributed by atoms with Crippen molar-refractivity contribution in [3.8, 4) is 5.82 Å². The monoisotopic (exact) mass is 429 g/mol. The average Bonchev–Trinajstić information content (AvgIpc) is 3.28. The second kappa shape index (κ2) is 7.72. The molecule has 11 nitrogen and oxygen atoms in total. The van der Waals surface area contributed by atoms with Crippen LogP contribution in [0.25, 0.3) is 16.9 Å². The van der Waals surface area contributed by atoms with Crippen LogP contribution in [-0.2, 0) is 10.0 Å². The molecule has 3 aromatic heterocycles.